The van der Waals surface area contributed by atoms with Crippen LogP contribution in [0.25, 0.3) is 0 Å². The molecule has 0 aromatic heterocycles. The van der Waals surface area contributed by atoms with Gasteiger partial charge in [0.25, 0.3) is 12.9 Å². The van der Waals surface area contributed by atoms with Crippen LogP contribution >= 0.6 is 0 Å². The Balaban J connectivity index is 2.82. The maximum atomic E-state index is 11.7. The fourth-order valence-electron chi connectivity index (χ4n) is 3.89. The molecule has 0 heterocycles. The zero-order valence-corrected chi connectivity index (χ0v) is 22.8. The number of benzene rings is 1. The van der Waals surface area contributed by atoms with Crippen LogP contribution in [0.5, 0.6) is 0 Å². The number of hydrogen-bond donors (Lipinski definition) is 0. The topological polar surface area (TPSA) is 115 Å². The van der Waals surface area contributed by atoms with Crippen molar-refractivity contribution in [1.82, 2.24) is 14.7 Å². The van der Waals surface area contributed by atoms with Crippen molar-refractivity contribution in [2.45, 2.75) is 32.2 Å². The second-order valence-corrected chi connectivity index (χ2v) is 8.74. The quantitative estimate of drug-likeness (QED) is 0.0824. The first-order valence-electron chi connectivity index (χ1n) is 13.0. The highest BCUT2D eigenvalue weighted by Crippen LogP contribution is 2.07. The average molecular weight is 538 g/mol. The van der Waals surface area contributed by atoms with Crippen LogP contribution in [0.1, 0.15) is 31.2 Å². The van der Waals surface area contributed by atoms with Crippen LogP contribution in [0.2, 0.25) is 0 Å². The van der Waals surface area contributed by atoms with Crippen LogP contribution in [0, 0.1) is 0 Å². The van der Waals surface area contributed by atoms with E-state index in [1.807, 2.05) is 18.2 Å². The summed E-state index contributed by atoms with van der Waals surface area (Å²) in [5.41, 5.74) is 1.19. The van der Waals surface area contributed by atoms with Gasteiger partial charge in [0.05, 0.1) is 40.3 Å². The number of rotatable bonds is 24. The molecule has 214 valence electrons. The predicted octanol–water partition coefficient (Wildman–Crippen LogP) is 1.35. The third-order valence-electron chi connectivity index (χ3n) is 6.04. The van der Waals surface area contributed by atoms with E-state index in [2.05, 4.69) is 26.8 Å². The highest BCUT2D eigenvalue weighted by atomic mass is 16.5. The third-order valence-corrected chi connectivity index (χ3v) is 6.04. The minimum atomic E-state index is -0.290. The Morgan fingerprint density at radius 3 is 1.55 bits per heavy atom. The summed E-state index contributed by atoms with van der Waals surface area (Å²) in [4.78, 5) is 51.0. The normalized spacial score (nSPS) is 11.0. The molecule has 0 saturated heterocycles. The molecule has 0 N–H and O–H groups in total. The largest absolute Gasteiger partial charge is 0.469 e. The van der Waals surface area contributed by atoms with Crippen molar-refractivity contribution in [3.8, 4) is 0 Å². The first-order valence-corrected chi connectivity index (χ1v) is 13.0. The monoisotopic (exact) mass is 537 g/mol. The lowest BCUT2D eigenvalue weighted by atomic mass is 10.2. The van der Waals surface area contributed by atoms with Crippen molar-refractivity contribution in [2.75, 3.05) is 79.8 Å². The van der Waals surface area contributed by atoms with E-state index in [1.165, 1.54) is 19.8 Å². The van der Waals surface area contributed by atoms with Gasteiger partial charge in [-0.15, -0.1) is 0 Å². The molecular weight excluding hydrogens is 494 g/mol. The molecule has 0 unspecified atom stereocenters. The van der Waals surface area contributed by atoms with E-state index in [0.717, 1.165) is 39.3 Å². The SMILES string of the molecule is COC(=O)CCN(CCC(=O)OC)CCN(CCN(CCCOC=O)CCCOC=O)Cc1ccccc1. The van der Waals surface area contributed by atoms with Crippen molar-refractivity contribution < 1.29 is 38.1 Å². The molecule has 0 amide bonds. The minimum Gasteiger partial charge on any atom is -0.469 e. The first kappa shape index (κ1) is 33.0. The molecule has 11 nitrogen and oxygen atoms in total. The highest BCUT2D eigenvalue weighted by Gasteiger charge is 2.15. The number of nitrogens with zero attached hydrogens (tertiary/aromatic N) is 3. The van der Waals surface area contributed by atoms with Gasteiger partial charge in [-0.2, -0.15) is 0 Å². The molecule has 0 bridgehead atoms. The highest BCUT2D eigenvalue weighted by molar-refractivity contribution is 5.70. The zero-order chi connectivity index (χ0) is 27.8. The van der Waals surface area contributed by atoms with Gasteiger partial charge in [-0.3, -0.25) is 24.1 Å². The molecule has 1 rings (SSSR count). The molecule has 1 aromatic rings. The summed E-state index contributed by atoms with van der Waals surface area (Å²) in [6, 6.07) is 10.2. The summed E-state index contributed by atoms with van der Waals surface area (Å²) in [5.74, 6) is -0.580. The Morgan fingerprint density at radius 1 is 0.658 bits per heavy atom. The fourth-order valence-corrected chi connectivity index (χ4v) is 3.89. The molecule has 1 aromatic carbocycles. The molecule has 38 heavy (non-hydrogen) atoms. The standard InChI is InChI=1S/C27H43N3O8/c1-35-26(33)10-14-29(15-11-27(34)36-2)17-19-30(22-25-8-4-3-5-9-25)18-16-28(12-6-20-37-23-31)13-7-21-38-24-32/h3-5,8-9,23-24H,6-7,10-22H2,1-2H3. The van der Waals surface area contributed by atoms with Gasteiger partial charge in [0, 0.05) is 58.9 Å². The van der Waals surface area contributed by atoms with Crippen LogP contribution in [-0.4, -0.2) is 119 Å². The summed E-state index contributed by atoms with van der Waals surface area (Å²) in [7, 11) is 2.73. The van der Waals surface area contributed by atoms with E-state index < -0.39 is 0 Å². The smallest absolute Gasteiger partial charge is 0.306 e. The molecule has 0 atom stereocenters. The Bertz CT molecular complexity index is 745. The molecule has 0 radical (unpaired) electrons. The number of carbonyl (C=O) groups is 4. The van der Waals surface area contributed by atoms with Gasteiger partial charge in [0.1, 0.15) is 0 Å². The zero-order valence-electron chi connectivity index (χ0n) is 22.8. The molecule has 0 aliphatic carbocycles. The van der Waals surface area contributed by atoms with Crippen LogP contribution in [0.4, 0.5) is 0 Å². The first-order chi connectivity index (χ1) is 18.5. The Hall–Kier alpha value is -3.02. The fraction of sp³-hybridized carbons (Fsp3) is 0.630. The van der Waals surface area contributed by atoms with Gasteiger partial charge in [0.15, 0.2) is 0 Å². The van der Waals surface area contributed by atoms with Gasteiger partial charge in [0.2, 0.25) is 0 Å². The third kappa shape index (κ3) is 16.7. The molecule has 0 aliphatic rings. The molecule has 0 spiro atoms. The molecule has 0 fully saturated rings. The van der Waals surface area contributed by atoms with Crippen molar-refractivity contribution in [2.24, 2.45) is 0 Å². The summed E-state index contributed by atoms with van der Waals surface area (Å²) >= 11 is 0. The summed E-state index contributed by atoms with van der Waals surface area (Å²) < 4.78 is 19.2. The van der Waals surface area contributed by atoms with Crippen LogP contribution in [0.3, 0.4) is 0 Å². The van der Waals surface area contributed by atoms with Gasteiger partial charge < -0.3 is 28.7 Å². The van der Waals surface area contributed by atoms with Crippen molar-refractivity contribution in [3.05, 3.63) is 35.9 Å². The van der Waals surface area contributed by atoms with Crippen LogP contribution in [-0.2, 0) is 44.7 Å². The summed E-state index contributed by atoms with van der Waals surface area (Å²) in [6.07, 6.45) is 1.91. The lowest BCUT2D eigenvalue weighted by molar-refractivity contribution is -0.141. The molecule has 11 heteroatoms. The van der Waals surface area contributed by atoms with Crippen molar-refractivity contribution in [1.29, 1.82) is 0 Å². The molecule has 0 saturated carbocycles. The summed E-state index contributed by atoms with van der Waals surface area (Å²) in [6.45, 7) is 7.79. The summed E-state index contributed by atoms with van der Waals surface area (Å²) in [5, 5.41) is 0. The Kier molecular flexibility index (Phi) is 19.1. The second kappa shape index (κ2) is 22.0. The average Bonchev–Trinajstić information content (AvgIpc) is 2.94. The van der Waals surface area contributed by atoms with E-state index in [9.17, 15) is 19.2 Å². The van der Waals surface area contributed by atoms with E-state index in [0.29, 0.717) is 58.6 Å². The van der Waals surface area contributed by atoms with Crippen LogP contribution < -0.4 is 0 Å². The van der Waals surface area contributed by atoms with E-state index in [-0.39, 0.29) is 24.8 Å². The van der Waals surface area contributed by atoms with Gasteiger partial charge >= 0.3 is 11.9 Å². The minimum absolute atomic E-state index is 0.246. The number of hydrogen-bond acceptors (Lipinski definition) is 11. The second-order valence-electron chi connectivity index (χ2n) is 8.74. The molecule has 0 aliphatic heterocycles. The van der Waals surface area contributed by atoms with Gasteiger partial charge in [-0.1, -0.05) is 30.3 Å². The molecular formula is C27H43N3O8. The van der Waals surface area contributed by atoms with Crippen molar-refractivity contribution >= 4 is 24.9 Å². The lowest BCUT2D eigenvalue weighted by Gasteiger charge is -2.30. The predicted molar refractivity (Wildman–Crippen MR) is 141 cm³/mol. The van der Waals surface area contributed by atoms with Gasteiger partial charge in [-0.05, 0) is 18.4 Å². The maximum Gasteiger partial charge on any atom is 0.306 e. The number of ether oxygens (including phenoxy) is 4. The Labute approximate surface area is 225 Å². The van der Waals surface area contributed by atoms with Crippen LogP contribution in [0.15, 0.2) is 30.3 Å². The van der Waals surface area contributed by atoms with E-state index in [4.69, 9.17) is 18.9 Å². The Morgan fingerprint density at radius 2 is 1.11 bits per heavy atom. The van der Waals surface area contributed by atoms with Crippen molar-refractivity contribution in [3.63, 3.8) is 0 Å². The van der Waals surface area contributed by atoms with Gasteiger partial charge in [-0.25, -0.2) is 0 Å². The lowest BCUT2D eigenvalue weighted by Crippen LogP contribution is -2.41. The number of carbonyl (C=O) groups excluding carboxylic acids is 4. The number of esters is 2. The van der Waals surface area contributed by atoms with E-state index >= 15 is 0 Å². The number of methoxy groups -OCH3 is 2. The maximum absolute atomic E-state index is 11.7. The van der Waals surface area contributed by atoms with E-state index in [1.54, 1.807) is 0 Å².